The number of para-hydroxylation sites is 1. The summed E-state index contributed by atoms with van der Waals surface area (Å²) >= 11 is 0. The van der Waals surface area contributed by atoms with Crippen molar-refractivity contribution in [3.05, 3.63) is 34.4 Å². The van der Waals surface area contributed by atoms with Gasteiger partial charge in [0.25, 0.3) is 5.69 Å². The van der Waals surface area contributed by atoms with Gasteiger partial charge in [-0.05, 0) is 19.4 Å². The molecule has 6 nitrogen and oxygen atoms in total. The number of nitro benzene ring substituents is 1. The quantitative estimate of drug-likeness (QED) is 0.634. The van der Waals surface area contributed by atoms with Gasteiger partial charge >= 0.3 is 0 Å². The molecule has 0 unspecified atom stereocenters. The van der Waals surface area contributed by atoms with Gasteiger partial charge in [0.1, 0.15) is 0 Å². The van der Waals surface area contributed by atoms with Crippen LogP contribution >= 0.6 is 0 Å². The molecule has 0 spiro atoms. The van der Waals surface area contributed by atoms with Crippen molar-refractivity contribution in [2.45, 2.75) is 37.6 Å². The Balaban J connectivity index is 3.09. The zero-order valence-corrected chi connectivity index (χ0v) is 11.1. The molecule has 0 saturated heterocycles. The maximum atomic E-state index is 12.0. The minimum Gasteiger partial charge on any atom is -0.258 e. The first-order chi connectivity index (χ1) is 8.38. The summed E-state index contributed by atoms with van der Waals surface area (Å²) in [5.74, 6) is 0. The van der Waals surface area contributed by atoms with Crippen LogP contribution in [0.25, 0.3) is 0 Å². The van der Waals surface area contributed by atoms with Gasteiger partial charge < -0.3 is 0 Å². The minimum absolute atomic E-state index is 0.250. The smallest absolute Gasteiger partial charge is 0.258 e. The number of benzene rings is 1. The van der Waals surface area contributed by atoms with Crippen molar-refractivity contribution in [1.29, 1.82) is 0 Å². The number of hydrogen-bond donors (Lipinski definition) is 1. The summed E-state index contributed by atoms with van der Waals surface area (Å²) in [5, 5.41) is 10.8. The molecule has 0 fully saturated rings. The molecule has 0 saturated carbocycles. The number of sulfonamides is 1. The SMILES string of the molecule is CCC[C@@H](C)NS(=O)(=O)c1ccccc1[N+](=O)[O-]. The van der Waals surface area contributed by atoms with Crippen molar-refractivity contribution in [2.75, 3.05) is 0 Å². The number of rotatable bonds is 6. The van der Waals surface area contributed by atoms with Crippen LogP contribution in [0.15, 0.2) is 29.2 Å². The van der Waals surface area contributed by atoms with Gasteiger partial charge in [0.05, 0.1) is 4.92 Å². The van der Waals surface area contributed by atoms with E-state index >= 15 is 0 Å². The van der Waals surface area contributed by atoms with E-state index in [9.17, 15) is 18.5 Å². The van der Waals surface area contributed by atoms with Gasteiger partial charge in [0.15, 0.2) is 4.90 Å². The summed E-state index contributed by atoms with van der Waals surface area (Å²) in [6.45, 7) is 3.67. The third-order valence-corrected chi connectivity index (χ3v) is 4.07. The molecule has 7 heteroatoms. The number of nitro groups is 1. The van der Waals surface area contributed by atoms with Crippen LogP contribution in [0.5, 0.6) is 0 Å². The molecule has 0 heterocycles. The fourth-order valence-electron chi connectivity index (χ4n) is 1.66. The lowest BCUT2D eigenvalue weighted by Crippen LogP contribution is -2.32. The summed E-state index contributed by atoms with van der Waals surface area (Å²) in [6.07, 6.45) is 1.51. The predicted molar refractivity (Wildman–Crippen MR) is 67.8 cm³/mol. The van der Waals surface area contributed by atoms with Crippen molar-refractivity contribution >= 4 is 15.7 Å². The molecule has 1 N–H and O–H groups in total. The van der Waals surface area contributed by atoms with E-state index in [4.69, 9.17) is 0 Å². The monoisotopic (exact) mass is 272 g/mol. The van der Waals surface area contributed by atoms with E-state index in [2.05, 4.69) is 4.72 Å². The molecule has 18 heavy (non-hydrogen) atoms. The van der Waals surface area contributed by atoms with Crippen LogP contribution in [0, 0.1) is 10.1 Å². The third-order valence-electron chi connectivity index (χ3n) is 2.43. The minimum atomic E-state index is -3.85. The molecule has 1 aromatic rings. The number of nitrogens with one attached hydrogen (secondary N) is 1. The third kappa shape index (κ3) is 3.51. The lowest BCUT2D eigenvalue weighted by molar-refractivity contribution is -0.387. The Kier molecular flexibility index (Phi) is 4.80. The first-order valence-corrected chi connectivity index (χ1v) is 7.12. The Bertz CT molecular complexity index is 528. The van der Waals surface area contributed by atoms with Crippen molar-refractivity contribution in [1.82, 2.24) is 4.72 Å². The van der Waals surface area contributed by atoms with E-state index in [1.807, 2.05) is 6.92 Å². The van der Waals surface area contributed by atoms with Gasteiger partial charge in [0.2, 0.25) is 10.0 Å². The molecule has 100 valence electrons. The molecule has 0 aliphatic carbocycles. The molecule has 1 atom stereocenters. The highest BCUT2D eigenvalue weighted by Crippen LogP contribution is 2.23. The molecule has 0 bridgehead atoms. The molecule has 0 aliphatic heterocycles. The molecule has 1 aromatic carbocycles. The van der Waals surface area contributed by atoms with E-state index in [0.29, 0.717) is 6.42 Å². The lowest BCUT2D eigenvalue weighted by atomic mass is 10.2. The van der Waals surface area contributed by atoms with E-state index < -0.39 is 20.6 Å². The van der Waals surface area contributed by atoms with Crippen LogP contribution < -0.4 is 4.72 Å². The first kappa shape index (κ1) is 14.6. The zero-order valence-electron chi connectivity index (χ0n) is 10.3. The highest BCUT2D eigenvalue weighted by atomic mass is 32.2. The summed E-state index contributed by atoms with van der Waals surface area (Å²) in [5.41, 5.74) is -0.409. The summed E-state index contributed by atoms with van der Waals surface area (Å²) in [6, 6.07) is 5.07. The normalized spacial score (nSPS) is 13.2. The topological polar surface area (TPSA) is 89.3 Å². The number of hydrogen-bond acceptors (Lipinski definition) is 4. The standard InChI is InChI=1S/C11H16N2O4S/c1-3-6-9(2)12-18(16,17)11-8-5-4-7-10(11)13(14)15/h4-5,7-9,12H,3,6H2,1-2H3/t9-/m1/s1. The Hall–Kier alpha value is -1.47. The molecule has 0 aromatic heterocycles. The maximum absolute atomic E-state index is 12.0. The Morgan fingerprint density at radius 3 is 2.56 bits per heavy atom. The van der Waals surface area contributed by atoms with E-state index in [1.165, 1.54) is 24.3 Å². The van der Waals surface area contributed by atoms with E-state index in [1.54, 1.807) is 6.92 Å². The van der Waals surface area contributed by atoms with Crippen LogP contribution in [0.4, 0.5) is 5.69 Å². The van der Waals surface area contributed by atoms with Gasteiger partial charge in [-0.2, -0.15) is 0 Å². The van der Waals surface area contributed by atoms with Gasteiger partial charge in [-0.3, -0.25) is 10.1 Å². The Morgan fingerprint density at radius 2 is 2.00 bits per heavy atom. The molecule has 1 rings (SSSR count). The van der Waals surface area contributed by atoms with Crippen LogP contribution in [-0.2, 0) is 10.0 Å². The lowest BCUT2D eigenvalue weighted by Gasteiger charge is -2.13. The largest absolute Gasteiger partial charge is 0.289 e. The summed E-state index contributed by atoms with van der Waals surface area (Å²) in [7, 11) is -3.85. The molecule has 0 amide bonds. The summed E-state index contributed by atoms with van der Waals surface area (Å²) in [4.78, 5) is 9.80. The second-order valence-electron chi connectivity index (χ2n) is 4.04. The molecule has 0 radical (unpaired) electrons. The zero-order chi connectivity index (χ0) is 13.8. The van der Waals surface area contributed by atoms with Crippen molar-refractivity contribution in [2.24, 2.45) is 0 Å². The van der Waals surface area contributed by atoms with Gasteiger partial charge in [0, 0.05) is 12.1 Å². The van der Waals surface area contributed by atoms with Crippen LogP contribution in [0.3, 0.4) is 0 Å². The fraction of sp³-hybridized carbons (Fsp3) is 0.455. The van der Waals surface area contributed by atoms with E-state index in [-0.39, 0.29) is 10.9 Å². The number of nitrogens with zero attached hydrogens (tertiary/aromatic N) is 1. The average molecular weight is 272 g/mol. The maximum Gasteiger partial charge on any atom is 0.289 e. The van der Waals surface area contributed by atoms with Crippen molar-refractivity contribution in [3.63, 3.8) is 0 Å². The predicted octanol–water partition coefficient (Wildman–Crippen LogP) is 2.06. The van der Waals surface area contributed by atoms with Gasteiger partial charge in [-0.15, -0.1) is 0 Å². The highest BCUT2D eigenvalue weighted by molar-refractivity contribution is 7.89. The van der Waals surface area contributed by atoms with Crippen molar-refractivity contribution < 1.29 is 13.3 Å². The van der Waals surface area contributed by atoms with Crippen LogP contribution in [0.2, 0.25) is 0 Å². The van der Waals surface area contributed by atoms with Crippen molar-refractivity contribution in [3.8, 4) is 0 Å². The van der Waals surface area contributed by atoms with Crippen LogP contribution in [0.1, 0.15) is 26.7 Å². The molecular weight excluding hydrogens is 256 g/mol. The van der Waals surface area contributed by atoms with Gasteiger partial charge in [-0.25, -0.2) is 13.1 Å². The summed E-state index contributed by atoms with van der Waals surface area (Å²) < 4.78 is 26.5. The Labute approximate surface area is 106 Å². The fourth-order valence-corrected chi connectivity index (χ4v) is 3.11. The molecular formula is C11H16N2O4S. The second-order valence-corrected chi connectivity index (χ2v) is 5.72. The highest BCUT2D eigenvalue weighted by Gasteiger charge is 2.25. The van der Waals surface area contributed by atoms with Crippen LogP contribution in [-0.4, -0.2) is 19.4 Å². The first-order valence-electron chi connectivity index (χ1n) is 5.64. The molecule has 0 aliphatic rings. The Morgan fingerprint density at radius 1 is 1.39 bits per heavy atom. The van der Waals surface area contributed by atoms with E-state index in [0.717, 1.165) is 6.42 Å². The second kappa shape index (κ2) is 5.92. The average Bonchev–Trinajstić information content (AvgIpc) is 2.28. The van der Waals surface area contributed by atoms with Gasteiger partial charge in [-0.1, -0.05) is 25.5 Å².